The zero-order valence-corrected chi connectivity index (χ0v) is 12.4. The second-order valence-electron chi connectivity index (χ2n) is 5.14. The molecule has 0 amide bonds. The average molecular weight is 331 g/mol. The molecule has 0 aliphatic heterocycles. The first-order valence-electron chi connectivity index (χ1n) is 6.89. The Morgan fingerprint density at radius 3 is 2.70 bits per heavy atom. The van der Waals surface area contributed by atoms with Crippen LogP contribution in [-0.4, -0.2) is 40.1 Å². The van der Waals surface area contributed by atoms with Gasteiger partial charge in [0.15, 0.2) is 6.61 Å². The van der Waals surface area contributed by atoms with Crippen LogP contribution in [0, 0.1) is 0 Å². The third-order valence-electron chi connectivity index (χ3n) is 3.40. The van der Waals surface area contributed by atoms with Crippen molar-refractivity contribution < 1.29 is 32.9 Å². The molecule has 0 saturated carbocycles. The summed E-state index contributed by atoms with van der Waals surface area (Å²) < 4.78 is 42.4. The van der Waals surface area contributed by atoms with Crippen LogP contribution in [0.15, 0.2) is 18.3 Å². The van der Waals surface area contributed by atoms with E-state index < -0.39 is 24.5 Å². The van der Waals surface area contributed by atoms with Gasteiger partial charge in [0.25, 0.3) is 0 Å². The molecule has 2 aromatic rings. The van der Waals surface area contributed by atoms with Crippen molar-refractivity contribution in [2.24, 2.45) is 7.05 Å². The quantitative estimate of drug-likeness (QED) is 0.826. The Morgan fingerprint density at radius 2 is 2.09 bits per heavy atom. The van der Waals surface area contributed by atoms with Crippen molar-refractivity contribution in [2.75, 3.05) is 13.2 Å². The molecule has 0 aliphatic rings. The van der Waals surface area contributed by atoms with E-state index in [1.807, 2.05) is 0 Å². The van der Waals surface area contributed by atoms with Crippen LogP contribution in [0.25, 0.3) is 10.9 Å². The molecule has 0 aliphatic carbocycles. The smallest absolute Gasteiger partial charge is 0.422 e. The fraction of sp³-hybridized carbons (Fsp3) is 0.400. The minimum Gasteiger partial charge on any atom is -0.507 e. The summed E-state index contributed by atoms with van der Waals surface area (Å²) in [6.07, 6.45) is -2.09. The van der Waals surface area contributed by atoms with Crippen LogP contribution < -0.4 is 0 Å². The van der Waals surface area contributed by atoms with E-state index in [9.17, 15) is 23.1 Å². The highest BCUT2D eigenvalue weighted by Gasteiger charge is 2.31. The van der Waals surface area contributed by atoms with E-state index in [4.69, 9.17) is 5.11 Å². The van der Waals surface area contributed by atoms with Crippen LogP contribution in [0.3, 0.4) is 0 Å². The molecular weight excluding hydrogens is 315 g/mol. The Balaban J connectivity index is 2.46. The van der Waals surface area contributed by atoms with Crippen molar-refractivity contribution in [3.05, 3.63) is 29.5 Å². The van der Waals surface area contributed by atoms with Crippen LogP contribution in [0.1, 0.15) is 22.3 Å². The zero-order chi connectivity index (χ0) is 17.2. The second-order valence-corrected chi connectivity index (χ2v) is 5.14. The SMILES string of the molecule is Cn1ccc2c(CCCO)cc(O)c(C(=O)OCC(F)(F)F)c21. The van der Waals surface area contributed by atoms with E-state index in [0.29, 0.717) is 29.3 Å². The van der Waals surface area contributed by atoms with Gasteiger partial charge in [-0.25, -0.2) is 4.79 Å². The molecule has 0 unspecified atom stereocenters. The number of carbonyl (C=O) groups is 1. The maximum Gasteiger partial charge on any atom is 0.422 e. The van der Waals surface area contributed by atoms with E-state index in [1.54, 1.807) is 19.3 Å². The molecule has 0 radical (unpaired) electrons. The first-order chi connectivity index (χ1) is 10.7. The number of aliphatic hydroxyl groups excluding tert-OH is 1. The topological polar surface area (TPSA) is 71.7 Å². The third kappa shape index (κ3) is 3.76. The highest BCUT2D eigenvalue weighted by Crippen LogP contribution is 2.33. The number of phenols is 1. The Kier molecular flexibility index (Phi) is 4.84. The van der Waals surface area contributed by atoms with E-state index >= 15 is 0 Å². The number of phenolic OH excluding ortho intramolecular Hbond substituents is 1. The molecule has 8 heteroatoms. The molecule has 1 aromatic heterocycles. The summed E-state index contributed by atoms with van der Waals surface area (Å²) >= 11 is 0. The van der Waals surface area contributed by atoms with Crippen molar-refractivity contribution in [3.8, 4) is 5.75 Å². The van der Waals surface area contributed by atoms with E-state index in [2.05, 4.69) is 4.74 Å². The number of ether oxygens (including phenoxy) is 1. The summed E-state index contributed by atoms with van der Waals surface area (Å²) in [5, 5.41) is 19.6. The highest BCUT2D eigenvalue weighted by molar-refractivity contribution is 6.06. The summed E-state index contributed by atoms with van der Waals surface area (Å²) in [5.41, 5.74) is 0.689. The molecule has 0 bridgehead atoms. The van der Waals surface area contributed by atoms with Crippen molar-refractivity contribution in [1.29, 1.82) is 0 Å². The average Bonchev–Trinajstić information content (AvgIpc) is 2.84. The van der Waals surface area contributed by atoms with Crippen molar-refractivity contribution in [1.82, 2.24) is 4.57 Å². The van der Waals surface area contributed by atoms with Gasteiger partial charge in [-0.2, -0.15) is 13.2 Å². The number of hydrogen-bond acceptors (Lipinski definition) is 4. The first kappa shape index (κ1) is 17.1. The van der Waals surface area contributed by atoms with Crippen LogP contribution in [-0.2, 0) is 18.2 Å². The number of aliphatic hydroxyl groups is 1. The number of hydrogen-bond donors (Lipinski definition) is 2. The number of halogens is 3. The number of carbonyl (C=O) groups excluding carboxylic acids is 1. The maximum absolute atomic E-state index is 12.2. The number of esters is 1. The number of aromatic hydroxyl groups is 1. The molecule has 23 heavy (non-hydrogen) atoms. The number of fused-ring (bicyclic) bond motifs is 1. The molecule has 0 atom stereocenters. The van der Waals surface area contributed by atoms with Crippen LogP contribution in [0.4, 0.5) is 13.2 Å². The first-order valence-corrected chi connectivity index (χ1v) is 6.89. The van der Waals surface area contributed by atoms with Crippen LogP contribution in [0.2, 0.25) is 0 Å². The lowest BCUT2D eigenvalue weighted by molar-refractivity contribution is -0.161. The van der Waals surface area contributed by atoms with E-state index in [1.165, 1.54) is 10.6 Å². The van der Waals surface area contributed by atoms with Gasteiger partial charge in [0.1, 0.15) is 11.3 Å². The largest absolute Gasteiger partial charge is 0.507 e. The molecule has 0 fully saturated rings. The van der Waals surface area contributed by atoms with Gasteiger partial charge in [-0.1, -0.05) is 0 Å². The van der Waals surface area contributed by atoms with E-state index in [-0.39, 0.29) is 12.2 Å². The molecule has 2 N–H and O–H groups in total. The Hall–Kier alpha value is -2.22. The summed E-state index contributed by atoms with van der Waals surface area (Å²) in [6.45, 7) is -1.76. The van der Waals surface area contributed by atoms with Crippen molar-refractivity contribution in [2.45, 2.75) is 19.0 Å². The molecule has 126 valence electrons. The Bertz CT molecular complexity index is 722. The normalized spacial score (nSPS) is 11.9. The minimum atomic E-state index is -4.64. The standard InChI is InChI=1S/C15H16F3NO4/c1-19-5-4-10-9(3-2-6-20)7-11(21)12(13(10)19)14(22)23-8-15(16,17)18/h4-5,7,20-21H,2-3,6,8H2,1H3. The van der Waals surface area contributed by atoms with Gasteiger partial charge < -0.3 is 19.5 Å². The van der Waals surface area contributed by atoms with Crippen LogP contribution >= 0.6 is 0 Å². The minimum absolute atomic E-state index is 0.0372. The van der Waals surface area contributed by atoms with Crippen molar-refractivity contribution >= 4 is 16.9 Å². The number of rotatable bonds is 5. The van der Waals surface area contributed by atoms with Gasteiger partial charge in [0.2, 0.25) is 0 Å². The molecule has 1 aromatic carbocycles. The molecular formula is C15H16F3NO4. The Morgan fingerprint density at radius 1 is 1.39 bits per heavy atom. The molecule has 2 rings (SSSR count). The third-order valence-corrected chi connectivity index (χ3v) is 3.40. The highest BCUT2D eigenvalue weighted by atomic mass is 19.4. The number of aryl methyl sites for hydroxylation is 2. The lowest BCUT2D eigenvalue weighted by Gasteiger charge is -2.13. The predicted octanol–water partition coefficient (Wildman–Crippen LogP) is 2.53. The summed E-state index contributed by atoms with van der Waals surface area (Å²) in [6, 6.07) is 3.02. The summed E-state index contributed by atoms with van der Waals surface area (Å²) in [4.78, 5) is 12.0. The number of aromatic nitrogens is 1. The molecule has 5 nitrogen and oxygen atoms in total. The predicted molar refractivity (Wildman–Crippen MR) is 76.3 cm³/mol. The zero-order valence-electron chi connectivity index (χ0n) is 12.4. The van der Waals surface area contributed by atoms with Gasteiger partial charge in [0, 0.05) is 25.2 Å². The van der Waals surface area contributed by atoms with Gasteiger partial charge in [0.05, 0.1) is 5.52 Å². The van der Waals surface area contributed by atoms with Crippen molar-refractivity contribution in [3.63, 3.8) is 0 Å². The van der Waals surface area contributed by atoms with E-state index in [0.717, 1.165) is 0 Å². The molecule has 0 saturated heterocycles. The Labute approximate surface area is 129 Å². The summed E-state index contributed by atoms with van der Waals surface area (Å²) in [7, 11) is 1.61. The number of alkyl halides is 3. The van der Waals surface area contributed by atoms with Crippen LogP contribution in [0.5, 0.6) is 5.75 Å². The molecule has 1 heterocycles. The van der Waals surface area contributed by atoms with Gasteiger partial charge in [-0.05, 0) is 30.5 Å². The van der Waals surface area contributed by atoms with Gasteiger partial charge in [-0.15, -0.1) is 0 Å². The number of nitrogens with zero attached hydrogens (tertiary/aromatic N) is 1. The fourth-order valence-corrected chi connectivity index (χ4v) is 2.43. The monoisotopic (exact) mass is 331 g/mol. The number of benzene rings is 1. The lowest BCUT2D eigenvalue weighted by atomic mass is 10.0. The molecule has 0 spiro atoms. The fourth-order valence-electron chi connectivity index (χ4n) is 2.43. The lowest BCUT2D eigenvalue weighted by Crippen LogP contribution is -2.20. The second kappa shape index (κ2) is 6.49. The summed E-state index contributed by atoms with van der Waals surface area (Å²) in [5.74, 6) is -1.68. The van der Waals surface area contributed by atoms with Gasteiger partial charge >= 0.3 is 12.1 Å². The maximum atomic E-state index is 12.2. The van der Waals surface area contributed by atoms with Gasteiger partial charge in [-0.3, -0.25) is 0 Å².